The van der Waals surface area contributed by atoms with E-state index in [1.165, 1.54) is 72.0 Å². The molecule has 5 rings (SSSR count). The summed E-state index contributed by atoms with van der Waals surface area (Å²) in [6.45, 7) is 42.4. The van der Waals surface area contributed by atoms with Crippen molar-refractivity contribution >= 4 is 21.8 Å². The Labute approximate surface area is 299 Å². The van der Waals surface area contributed by atoms with E-state index in [0.717, 1.165) is 0 Å². The maximum Gasteiger partial charge on any atom is 0.0547 e. The summed E-state index contributed by atoms with van der Waals surface area (Å²) in [6.07, 6.45) is 0. The Balaban J connectivity index is 2.09. The molecule has 0 atom stereocenters. The van der Waals surface area contributed by atoms with Crippen LogP contribution < -0.4 is 0 Å². The molecular weight excluding hydrogens is 591 g/mol. The first-order valence-corrected chi connectivity index (χ1v) is 18.5. The van der Waals surface area contributed by atoms with E-state index in [2.05, 4.69) is 196 Å². The van der Waals surface area contributed by atoms with Gasteiger partial charge in [0.2, 0.25) is 0 Å². The van der Waals surface area contributed by atoms with Gasteiger partial charge in [0.1, 0.15) is 0 Å². The summed E-state index contributed by atoms with van der Waals surface area (Å²) in [5.41, 5.74) is 14.9. The summed E-state index contributed by atoms with van der Waals surface area (Å²) in [4.78, 5) is 0. The highest BCUT2D eigenvalue weighted by molar-refractivity contribution is 6.17. The van der Waals surface area contributed by atoms with E-state index in [0.29, 0.717) is 0 Å². The lowest BCUT2D eigenvalue weighted by molar-refractivity contribution is 0.535. The molecule has 0 saturated carbocycles. The smallest absolute Gasteiger partial charge is 0.0547 e. The largest absolute Gasteiger partial charge is 0.309 e. The molecule has 49 heavy (non-hydrogen) atoms. The molecule has 0 aliphatic carbocycles. The Morgan fingerprint density at radius 2 is 0.816 bits per heavy atom. The van der Waals surface area contributed by atoms with E-state index in [4.69, 9.17) is 0 Å². The highest BCUT2D eigenvalue weighted by atomic mass is 15.0. The zero-order valence-corrected chi connectivity index (χ0v) is 34.3. The van der Waals surface area contributed by atoms with Gasteiger partial charge in [-0.05, 0) is 101 Å². The number of nitrogens with zero attached hydrogens (tertiary/aromatic N) is 1. The van der Waals surface area contributed by atoms with Crippen molar-refractivity contribution in [2.24, 2.45) is 0 Å². The van der Waals surface area contributed by atoms with Crippen LogP contribution in [0.4, 0.5) is 0 Å². The number of rotatable bonds is 2. The second kappa shape index (κ2) is 11.6. The molecule has 0 amide bonds. The van der Waals surface area contributed by atoms with Crippen LogP contribution in [-0.4, -0.2) is 4.57 Å². The molecule has 0 aliphatic heterocycles. The molecule has 262 valence electrons. The van der Waals surface area contributed by atoms with Crippen molar-refractivity contribution in [3.63, 3.8) is 0 Å². The number of benzene rings is 4. The lowest BCUT2D eigenvalue weighted by Crippen LogP contribution is -2.22. The fourth-order valence-corrected chi connectivity index (χ4v) is 7.33. The van der Waals surface area contributed by atoms with E-state index < -0.39 is 0 Å². The van der Waals surface area contributed by atoms with Gasteiger partial charge in [0.15, 0.2) is 0 Å². The first-order chi connectivity index (χ1) is 22.1. The van der Waals surface area contributed by atoms with Crippen molar-refractivity contribution in [1.29, 1.82) is 0 Å². The van der Waals surface area contributed by atoms with Gasteiger partial charge in [-0.25, -0.2) is 0 Å². The molecule has 1 heteroatoms. The third-order valence-electron chi connectivity index (χ3n) is 10.4. The Bertz CT molecular complexity index is 1970. The van der Waals surface area contributed by atoms with Crippen LogP contribution in [0, 0.1) is 0 Å². The fraction of sp³-hybridized carbons (Fsp3) is 0.500. The molecule has 0 unspecified atom stereocenters. The summed E-state index contributed by atoms with van der Waals surface area (Å²) in [7, 11) is 0. The van der Waals surface area contributed by atoms with E-state index in [9.17, 15) is 0 Å². The van der Waals surface area contributed by atoms with E-state index in [-0.39, 0.29) is 32.5 Å². The normalized spacial score (nSPS) is 13.9. The average molecular weight is 656 g/mol. The number of hydrogen-bond acceptors (Lipinski definition) is 0. The van der Waals surface area contributed by atoms with E-state index >= 15 is 0 Å². The molecule has 5 aromatic rings. The molecule has 0 saturated heterocycles. The number of hydrogen-bond donors (Lipinski definition) is 0. The molecule has 0 bridgehead atoms. The molecular formula is C48H65N. The van der Waals surface area contributed by atoms with Gasteiger partial charge < -0.3 is 4.57 Å². The first-order valence-electron chi connectivity index (χ1n) is 18.5. The number of aromatic nitrogens is 1. The van der Waals surface area contributed by atoms with Crippen LogP contribution in [0.5, 0.6) is 0 Å². The monoisotopic (exact) mass is 656 g/mol. The van der Waals surface area contributed by atoms with Gasteiger partial charge in [-0.1, -0.05) is 167 Å². The molecule has 0 aliphatic rings. The van der Waals surface area contributed by atoms with Crippen LogP contribution in [-0.2, 0) is 32.5 Å². The summed E-state index contributed by atoms with van der Waals surface area (Å²) < 4.78 is 2.58. The first kappa shape index (κ1) is 36.9. The summed E-state index contributed by atoms with van der Waals surface area (Å²) in [5, 5.41) is 2.75. The fourth-order valence-electron chi connectivity index (χ4n) is 7.33. The Kier molecular flexibility index (Phi) is 8.76. The molecule has 0 fully saturated rings. The van der Waals surface area contributed by atoms with Crippen molar-refractivity contribution in [3.8, 4) is 16.8 Å². The summed E-state index contributed by atoms with van der Waals surface area (Å²) >= 11 is 0. The molecule has 0 spiro atoms. The summed E-state index contributed by atoms with van der Waals surface area (Å²) in [5.74, 6) is 0. The maximum atomic E-state index is 2.58. The highest BCUT2D eigenvalue weighted by Gasteiger charge is 2.32. The maximum absolute atomic E-state index is 2.58. The predicted octanol–water partition coefficient (Wildman–Crippen LogP) is 14.2. The van der Waals surface area contributed by atoms with Crippen LogP contribution >= 0.6 is 0 Å². The Hall–Kier alpha value is -3.32. The molecule has 1 heterocycles. The lowest BCUT2D eigenvalue weighted by Gasteiger charge is -2.31. The van der Waals surface area contributed by atoms with Crippen LogP contribution in [0.3, 0.4) is 0 Å². The highest BCUT2D eigenvalue weighted by Crippen LogP contribution is 2.48. The zero-order valence-electron chi connectivity index (χ0n) is 34.3. The second-order valence-electron chi connectivity index (χ2n) is 21.0. The van der Waals surface area contributed by atoms with Crippen LogP contribution in [0.2, 0.25) is 0 Å². The van der Waals surface area contributed by atoms with Crippen molar-refractivity contribution in [3.05, 3.63) is 100 Å². The van der Waals surface area contributed by atoms with Gasteiger partial charge in [0.05, 0.1) is 11.0 Å². The minimum absolute atomic E-state index is 0.00270. The van der Waals surface area contributed by atoms with Crippen molar-refractivity contribution < 1.29 is 0 Å². The minimum Gasteiger partial charge on any atom is -0.309 e. The molecule has 1 nitrogen and oxygen atoms in total. The van der Waals surface area contributed by atoms with Gasteiger partial charge >= 0.3 is 0 Å². The Morgan fingerprint density at radius 3 is 1.22 bits per heavy atom. The molecule has 0 N–H and O–H groups in total. The predicted molar refractivity (Wildman–Crippen MR) is 218 cm³/mol. The van der Waals surface area contributed by atoms with E-state index in [1.54, 1.807) is 0 Å². The van der Waals surface area contributed by atoms with Crippen LogP contribution in [0.25, 0.3) is 38.6 Å². The average Bonchev–Trinajstić information content (AvgIpc) is 3.28. The standard InChI is InChI=1S/C48H65N/c1-43(2,3)31-24-30(25-32(26-31)44(4,5)6)36-20-19-21-38-40(36)41-39(23-22-37(47(13,14)15)42(41)48(16,17)18)49(38)35-28-33(45(7,8)9)27-34(29-35)46(10,11)12/h19-29H,1-18H3. The zero-order chi connectivity index (χ0) is 36.9. The van der Waals surface area contributed by atoms with Crippen molar-refractivity contribution in [1.82, 2.24) is 4.57 Å². The topological polar surface area (TPSA) is 4.93 Å². The third kappa shape index (κ3) is 7.02. The van der Waals surface area contributed by atoms with Gasteiger partial charge in [0.25, 0.3) is 0 Å². The molecule has 1 aromatic heterocycles. The third-order valence-corrected chi connectivity index (χ3v) is 10.4. The van der Waals surface area contributed by atoms with Crippen molar-refractivity contribution in [2.45, 2.75) is 157 Å². The minimum atomic E-state index is -0.0675. The van der Waals surface area contributed by atoms with Crippen LogP contribution in [0.1, 0.15) is 158 Å². The molecule has 4 aromatic carbocycles. The van der Waals surface area contributed by atoms with Gasteiger partial charge in [0, 0.05) is 16.5 Å². The van der Waals surface area contributed by atoms with Gasteiger partial charge in [-0.15, -0.1) is 0 Å². The summed E-state index contributed by atoms with van der Waals surface area (Å²) in [6, 6.07) is 26.6. The quantitative estimate of drug-likeness (QED) is 0.178. The van der Waals surface area contributed by atoms with Gasteiger partial charge in [-0.3, -0.25) is 0 Å². The van der Waals surface area contributed by atoms with Crippen LogP contribution in [0.15, 0.2) is 66.7 Å². The van der Waals surface area contributed by atoms with Gasteiger partial charge in [-0.2, -0.15) is 0 Å². The lowest BCUT2D eigenvalue weighted by atomic mass is 9.73. The number of fused-ring (bicyclic) bond motifs is 3. The molecule has 0 radical (unpaired) electrons. The SMILES string of the molecule is CC(C)(C)c1cc(-c2cccc3c2c2c(C(C)(C)C)c(C(C)(C)C)ccc2n3-c2cc(C(C)(C)C)cc(C(C)(C)C)c2)cc(C(C)(C)C)c1. The van der Waals surface area contributed by atoms with E-state index in [1.807, 2.05) is 0 Å². The Morgan fingerprint density at radius 1 is 0.388 bits per heavy atom. The second-order valence-corrected chi connectivity index (χ2v) is 21.0. The van der Waals surface area contributed by atoms with Crippen molar-refractivity contribution in [2.75, 3.05) is 0 Å².